The van der Waals surface area contributed by atoms with Crippen LogP contribution in [0.5, 0.6) is 0 Å². The third-order valence-electron chi connectivity index (χ3n) is 3.11. The second-order valence-electron chi connectivity index (χ2n) is 4.70. The van der Waals surface area contributed by atoms with Gasteiger partial charge in [0.05, 0.1) is 13.2 Å². The third kappa shape index (κ3) is 4.63. The number of aliphatic hydroxyl groups is 1. The van der Waals surface area contributed by atoms with E-state index < -0.39 is 0 Å². The van der Waals surface area contributed by atoms with Crippen molar-refractivity contribution >= 4 is 0 Å². The molecule has 1 aromatic carbocycles. The predicted molar refractivity (Wildman–Crippen MR) is 82.8 cm³/mol. The maximum atomic E-state index is 8.69. The summed E-state index contributed by atoms with van der Waals surface area (Å²) in [5.74, 6) is 0. The molecule has 0 unspecified atom stereocenters. The van der Waals surface area contributed by atoms with E-state index in [1.165, 1.54) is 0 Å². The molecule has 0 spiro atoms. The zero-order valence-corrected chi connectivity index (χ0v) is 12.4. The van der Waals surface area contributed by atoms with Gasteiger partial charge in [0.2, 0.25) is 0 Å². The Morgan fingerprint density at radius 2 is 1.81 bits per heavy atom. The number of hydrogen-bond acceptors (Lipinski definition) is 5. The molecule has 0 aliphatic carbocycles. The van der Waals surface area contributed by atoms with Crippen LogP contribution in [0.1, 0.15) is 12.6 Å². The zero-order chi connectivity index (χ0) is 14.9. The van der Waals surface area contributed by atoms with E-state index in [2.05, 4.69) is 33.0 Å². The first kappa shape index (κ1) is 15.6. The van der Waals surface area contributed by atoms with Gasteiger partial charge in [0, 0.05) is 31.7 Å². The average Bonchev–Trinajstić information content (AvgIpc) is 2.95. The molecule has 6 heteroatoms. The summed E-state index contributed by atoms with van der Waals surface area (Å²) in [5, 5.41) is 24.2. The van der Waals surface area contributed by atoms with Gasteiger partial charge in [-0.2, -0.15) is 15.0 Å². The van der Waals surface area contributed by atoms with Crippen molar-refractivity contribution in [3.8, 4) is 11.3 Å². The number of aromatic nitrogens is 3. The van der Waals surface area contributed by atoms with Crippen molar-refractivity contribution in [2.75, 3.05) is 26.2 Å². The van der Waals surface area contributed by atoms with Gasteiger partial charge in [0.15, 0.2) is 0 Å². The first-order valence-electron chi connectivity index (χ1n) is 7.37. The lowest BCUT2D eigenvalue weighted by atomic mass is 10.1. The van der Waals surface area contributed by atoms with E-state index in [9.17, 15) is 0 Å². The molecule has 0 saturated carbocycles. The summed E-state index contributed by atoms with van der Waals surface area (Å²) in [6, 6.07) is 10.1. The summed E-state index contributed by atoms with van der Waals surface area (Å²) >= 11 is 0. The molecule has 114 valence electrons. The molecule has 1 aromatic heterocycles. The van der Waals surface area contributed by atoms with Gasteiger partial charge in [-0.1, -0.05) is 30.3 Å². The van der Waals surface area contributed by atoms with Crippen molar-refractivity contribution in [3.63, 3.8) is 0 Å². The number of nitrogens with one attached hydrogen (secondary N) is 2. The van der Waals surface area contributed by atoms with E-state index in [-0.39, 0.29) is 6.61 Å². The lowest BCUT2D eigenvalue weighted by Crippen LogP contribution is -2.29. The Kier molecular flexibility index (Phi) is 6.33. The van der Waals surface area contributed by atoms with Gasteiger partial charge in [0.1, 0.15) is 11.4 Å². The van der Waals surface area contributed by atoms with Crippen LogP contribution in [0.4, 0.5) is 0 Å². The highest BCUT2D eigenvalue weighted by molar-refractivity contribution is 5.60. The van der Waals surface area contributed by atoms with Crippen molar-refractivity contribution in [3.05, 3.63) is 36.0 Å². The zero-order valence-electron chi connectivity index (χ0n) is 12.4. The molecule has 0 bridgehead atoms. The van der Waals surface area contributed by atoms with Crippen LogP contribution in [-0.4, -0.2) is 46.3 Å². The number of aliphatic hydroxyl groups excluding tert-OH is 1. The highest BCUT2D eigenvalue weighted by atomic mass is 16.3. The SMILES string of the molecule is CCn1nc(CNCCNCCO)c(-c2ccccc2)n1. The molecular formula is C15H23N5O. The molecule has 0 radical (unpaired) electrons. The number of hydrogen-bond donors (Lipinski definition) is 3. The standard InChI is InChI=1S/C15H23N5O/c1-2-20-18-14(12-17-9-8-16-10-11-21)15(19-20)13-6-4-3-5-7-13/h3-7,16-17,21H,2,8-12H2,1H3. The molecule has 6 nitrogen and oxygen atoms in total. The Bertz CT molecular complexity index is 526. The monoisotopic (exact) mass is 289 g/mol. The van der Waals surface area contributed by atoms with Gasteiger partial charge >= 0.3 is 0 Å². The molecule has 21 heavy (non-hydrogen) atoms. The molecule has 0 amide bonds. The minimum Gasteiger partial charge on any atom is -0.395 e. The highest BCUT2D eigenvalue weighted by Crippen LogP contribution is 2.19. The van der Waals surface area contributed by atoms with E-state index in [1.54, 1.807) is 4.80 Å². The fraction of sp³-hybridized carbons (Fsp3) is 0.467. The summed E-state index contributed by atoms with van der Waals surface area (Å²) in [4.78, 5) is 1.73. The first-order valence-corrected chi connectivity index (χ1v) is 7.37. The summed E-state index contributed by atoms with van der Waals surface area (Å²) in [5.41, 5.74) is 2.99. The summed E-state index contributed by atoms with van der Waals surface area (Å²) < 4.78 is 0. The molecule has 2 aromatic rings. The number of benzene rings is 1. The first-order chi connectivity index (χ1) is 10.3. The smallest absolute Gasteiger partial charge is 0.117 e. The molecule has 3 N–H and O–H groups in total. The average molecular weight is 289 g/mol. The predicted octanol–water partition coefficient (Wildman–Crippen LogP) is 0.637. The van der Waals surface area contributed by atoms with Crippen molar-refractivity contribution in [2.24, 2.45) is 0 Å². The molecular weight excluding hydrogens is 266 g/mol. The molecule has 2 rings (SSSR count). The second kappa shape index (κ2) is 8.51. The molecule has 0 atom stereocenters. The van der Waals surface area contributed by atoms with Crippen molar-refractivity contribution in [1.82, 2.24) is 25.6 Å². The minimum atomic E-state index is 0.170. The van der Waals surface area contributed by atoms with Gasteiger partial charge < -0.3 is 15.7 Å². The van der Waals surface area contributed by atoms with Crippen LogP contribution < -0.4 is 10.6 Å². The van der Waals surface area contributed by atoms with Crippen molar-refractivity contribution in [2.45, 2.75) is 20.0 Å². The summed E-state index contributed by atoms with van der Waals surface area (Å²) in [7, 11) is 0. The van der Waals surface area contributed by atoms with Gasteiger partial charge in [-0.3, -0.25) is 0 Å². The van der Waals surface area contributed by atoms with Gasteiger partial charge in [-0.15, -0.1) is 0 Å². The number of rotatable bonds is 9. The van der Waals surface area contributed by atoms with Crippen LogP contribution in [0.15, 0.2) is 30.3 Å². The van der Waals surface area contributed by atoms with E-state index in [4.69, 9.17) is 5.11 Å². The fourth-order valence-electron chi connectivity index (χ4n) is 2.05. The van der Waals surface area contributed by atoms with E-state index in [0.29, 0.717) is 13.1 Å². The quantitative estimate of drug-likeness (QED) is 0.591. The Hall–Kier alpha value is -1.76. The van der Waals surface area contributed by atoms with Gasteiger partial charge in [-0.05, 0) is 6.92 Å². The van der Waals surface area contributed by atoms with Crippen LogP contribution in [0.2, 0.25) is 0 Å². The molecule has 0 saturated heterocycles. The molecule has 0 aliphatic rings. The Morgan fingerprint density at radius 3 is 2.52 bits per heavy atom. The molecule has 0 aliphatic heterocycles. The fourth-order valence-corrected chi connectivity index (χ4v) is 2.05. The lowest BCUT2D eigenvalue weighted by molar-refractivity contribution is 0.292. The lowest BCUT2D eigenvalue weighted by Gasteiger charge is -2.05. The van der Waals surface area contributed by atoms with Crippen LogP contribution in [0.3, 0.4) is 0 Å². The Labute approximate surface area is 125 Å². The molecule has 0 fully saturated rings. The van der Waals surface area contributed by atoms with E-state index in [1.807, 2.05) is 25.1 Å². The van der Waals surface area contributed by atoms with Gasteiger partial charge in [0.25, 0.3) is 0 Å². The van der Waals surface area contributed by atoms with Crippen LogP contribution in [-0.2, 0) is 13.1 Å². The maximum absolute atomic E-state index is 8.69. The number of aryl methyl sites for hydroxylation is 1. The third-order valence-corrected chi connectivity index (χ3v) is 3.11. The van der Waals surface area contributed by atoms with Crippen molar-refractivity contribution in [1.29, 1.82) is 0 Å². The number of nitrogens with zero attached hydrogens (tertiary/aromatic N) is 3. The van der Waals surface area contributed by atoms with Crippen LogP contribution in [0, 0.1) is 0 Å². The highest BCUT2D eigenvalue weighted by Gasteiger charge is 2.11. The minimum absolute atomic E-state index is 0.170. The summed E-state index contributed by atoms with van der Waals surface area (Å²) in [6.45, 7) is 5.93. The normalized spacial score (nSPS) is 11.0. The second-order valence-corrected chi connectivity index (χ2v) is 4.70. The topological polar surface area (TPSA) is 75.0 Å². The van der Waals surface area contributed by atoms with Crippen LogP contribution in [0.25, 0.3) is 11.3 Å². The van der Waals surface area contributed by atoms with Gasteiger partial charge in [-0.25, -0.2) is 0 Å². The van der Waals surface area contributed by atoms with E-state index >= 15 is 0 Å². The van der Waals surface area contributed by atoms with Crippen molar-refractivity contribution < 1.29 is 5.11 Å². The largest absolute Gasteiger partial charge is 0.395 e. The Morgan fingerprint density at radius 1 is 1.05 bits per heavy atom. The summed E-state index contributed by atoms with van der Waals surface area (Å²) in [6.07, 6.45) is 0. The Balaban J connectivity index is 1.97. The van der Waals surface area contributed by atoms with E-state index in [0.717, 1.165) is 36.6 Å². The molecule has 1 heterocycles. The van der Waals surface area contributed by atoms with Crippen LogP contribution >= 0.6 is 0 Å². The maximum Gasteiger partial charge on any atom is 0.117 e.